The quantitative estimate of drug-likeness (QED) is 0.541. The third-order valence-electron chi connectivity index (χ3n) is 3.75. The van der Waals surface area contributed by atoms with Gasteiger partial charge in [0.05, 0.1) is 0 Å². The molecule has 158 valence electrons. The first-order valence-electron chi connectivity index (χ1n) is 9.55. The van der Waals surface area contributed by atoms with Crippen molar-refractivity contribution in [3.8, 4) is 11.8 Å². The van der Waals surface area contributed by atoms with Crippen molar-refractivity contribution in [1.82, 2.24) is 4.90 Å². The lowest BCUT2D eigenvalue weighted by Gasteiger charge is -2.15. The Kier molecular flexibility index (Phi) is 10.1. The number of hydrogen-bond acceptors (Lipinski definition) is 3. The smallest absolute Gasteiger partial charge is 0.328 e. The molecule has 5 nitrogen and oxygen atoms in total. The molecule has 0 saturated carbocycles. The number of rotatable bonds is 6. The van der Waals surface area contributed by atoms with E-state index >= 15 is 0 Å². The predicted octanol–water partition coefficient (Wildman–Crippen LogP) is 4.59. The normalized spacial score (nSPS) is 11.2. The lowest BCUT2D eigenvalue weighted by molar-refractivity contribution is -0.134. The molecule has 2 N–H and O–H groups in total. The average Bonchev–Trinajstić information content (AvgIpc) is 2.66. The van der Waals surface area contributed by atoms with Crippen molar-refractivity contribution in [2.75, 3.05) is 13.6 Å². The summed E-state index contributed by atoms with van der Waals surface area (Å²) in [5.74, 6) is 3.82. The van der Waals surface area contributed by atoms with E-state index in [0.717, 1.165) is 13.1 Å². The summed E-state index contributed by atoms with van der Waals surface area (Å²) in [4.78, 5) is 21.4. The minimum Gasteiger partial charge on any atom is -0.478 e. The summed E-state index contributed by atoms with van der Waals surface area (Å²) < 4.78 is 0. The molecule has 0 saturated heterocycles. The maximum Gasteiger partial charge on any atom is 0.328 e. The van der Waals surface area contributed by atoms with Gasteiger partial charge in [-0.15, -0.1) is 0 Å². The lowest BCUT2D eigenvalue weighted by Crippen LogP contribution is -2.17. The Labute approximate surface area is 178 Å². The Morgan fingerprint density at radius 1 is 1.00 bits per heavy atom. The third kappa shape index (κ3) is 10.8. The summed E-state index contributed by atoms with van der Waals surface area (Å²) in [6.45, 7) is 8.22. The van der Waals surface area contributed by atoms with Gasteiger partial charge in [-0.3, -0.25) is 4.90 Å². The fourth-order valence-corrected chi connectivity index (χ4v) is 2.48. The molecule has 5 heteroatoms. The number of carboxylic acids is 2. The van der Waals surface area contributed by atoms with E-state index in [1.54, 1.807) is 0 Å². The summed E-state index contributed by atoms with van der Waals surface area (Å²) >= 11 is 0. The van der Waals surface area contributed by atoms with Crippen LogP contribution in [0.3, 0.4) is 0 Å². The van der Waals surface area contributed by atoms with Crippen LogP contribution in [0.5, 0.6) is 0 Å². The highest BCUT2D eigenvalue weighted by molar-refractivity contribution is 5.89. The fraction of sp³-hybridized carbons (Fsp3) is 0.280. The molecule has 0 aliphatic carbocycles. The van der Waals surface area contributed by atoms with Crippen molar-refractivity contribution in [3.63, 3.8) is 0 Å². The second kappa shape index (κ2) is 12.3. The number of allylic oxidation sites excluding steroid dienone is 1. The van der Waals surface area contributed by atoms with Crippen LogP contribution in [0.1, 0.15) is 26.3 Å². The van der Waals surface area contributed by atoms with Gasteiger partial charge in [0.2, 0.25) is 0 Å². The van der Waals surface area contributed by atoms with E-state index in [2.05, 4.69) is 93.1 Å². The molecular weight excluding hydrogens is 378 g/mol. The van der Waals surface area contributed by atoms with Gasteiger partial charge in [-0.2, -0.15) is 0 Å². The van der Waals surface area contributed by atoms with Gasteiger partial charge in [0, 0.05) is 30.7 Å². The van der Waals surface area contributed by atoms with Gasteiger partial charge in [0.15, 0.2) is 0 Å². The van der Waals surface area contributed by atoms with E-state index in [0.29, 0.717) is 12.2 Å². The lowest BCUT2D eigenvalue weighted by atomic mass is 9.98. The second-order valence-corrected chi connectivity index (χ2v) is 7.77. The number of likely N-dealkylation sites (N-methyl/N-ethyl adjacent to an activating group) is 1. The number of benzene rings is 2. The summed E-state index contributed by atoms with van der Waals surface area (Å²) in [6.07, 6.45) is 5.21. The average molecular weight is 408 g/mol. The van der Waals surface area contributed by atoms with Crippen molar-refractivity contribution in [2.45, 2.75) is 27.3 Å². The first-order valence-corrected chi connectivity index (χ1v) is 9.55. The van der Waals surface area contributed by atoms with E-state index in [-0.39, 0.29) is 5.41 Å². The van der Waals surface area contributed by atoms with Crippen LogP contribution in [0.25, 0.3) is 10.8 Å². The summed E-state index contributed by atoms with van der Waals surface area (Å²) in [5, 5.41) is 18.3. The minimum atomic E-state index is -1.26. The van der Waals surface area contributed by atoms with Crippen LogP contribution in [-0.4, -0.2) is 40.6 Å². The predicted molar refractivity (Wildman–Crippen MR) is 121 cm³/mol. The monoisotopic (exact) mass is 407 g/mol. The second-order valence-electron chi connectivity index (χ2n) is 7.77. The number of nitrogens with zero attached hydrogens (tertiary/aromatic N) is 1. The third-order valence-corrected chi connectivity index (χ3v) is 3.75. The van der Waals surface area contributed by atoms with Crippen molar-refractivity contribution < 1.29 is 19.8 Å². The van der Waals surface area contributed by atoms with E-state index in [4.69, 9.17) is 10.2 Å². The molecule has 2 rings (SSSR count). The molecule has 0 amide bonds. The molecule has 0 spiro atoms. The number of hydrogen-bond donors (Lipinski definition) is 2. The molecule has 0 aliphatic heterocycles. The van der Waals surface area contributed by atoms with E-state index in [1.165, 1.54) is 16.3 Å². The molecular formula is C25H29NO4. The molecule has 2 aromatic carbocycles. The zero-order valence-corrected chi connectivity index (χ0v) is 17.9. The first kappa shape index (κ1) is 24.7. The molecule has 0 aliphatic rings. The van der Waals surface area contributed by atoms with Crippen LogP contribution in [-0.2, 0) is 16.1 Å². The Morgan fingerprint density at radius 3 is 2.20 bits per heavy atom. The molecule has 0 radical (unpaired) electrons. The minimum absolute atomic E-state index is 0.0686. The van der Waals surface area contributed by atoms with Gasteiger partial charge in [-0.25, -0.2) is 9.59 Å². The Morgan fingerprint density at radius 2 is 1.60 bits per heavy atom. The van der Waals surface area contributed by atoms with Gasteiger partial charge in [0.25, 0.3) is 0 Å². The maximum atomic E-state index is 9.55. The first-order chi connectivity index (χ1) is 14.1. The zero-order chi connectivity index (χ0) is 22.6. The standard InChI is InChI=1S/C21H25N.C4H4O4/c1-21(2,3)15-8-5-9-16-22(4)17-19-13-10-12-18-11-6-7-14-20(18)19;5-3(6)1-2-4(7)8/h5-7,9-14H,16-17H2,1-4H3;1-2H,(H,5,6)(H,7,8)/b9-5+;2-1-. The number of aliphatic carboxylic acids is 2. The summed E-state index contributed by atoms with van der Waals surface area (Å²) in [5.41, 5.74) is 1.44. The zero-order valence-electron chi connectivity index (χ0n) is 17.9. The van der Waals surface area contributed by atoms with Gasteiger partial charge in [-0.1, -0.05) is 60.4 Å². The molecule has 0 atom stereocenters. The Hall–Kier alpha value is -3.36. The van der Waals surface area contributed by atoms with Gasteiger partial charge < -0.3 is 10.2 Å². The van der Waals surface area contributed by atoms with E-state index < -0.39 is 11.9 Å². The largest absolute Gasteiger partial charge is 0.478 e. The molecule has 2 aromatic rings. The van der Waals surface area contributed by atoms with Gasteiger partial charge in [0.1, 0.15) is 0 Å². The van der Waals surface area contributed by atoms with Crippen molar-refractivity contribution in [2.24, 2.45) is 5.41 Å². The molecule has 30 heavy (non-hydrogen) atoms. The molecule has 0 bridgehead atoms. The number of carbonyl (C=O) groups is 2. The molecule has 0 fully saturated rings. The van der Waals surface area contributed by atoms with Crippen LogP contribution < -0.4 is 0 Å². The van der Waals surface area contributed by atoms with Gasteiger partial charge in [-0.05, 0) is 50.2 Å². The van der Waals surface area contributed by atoms with Crippen LogP contribution in [0.2, 0.25) is 0 Å². The molecule has 0 aromatic heterocycles. The topological polar surface area (TPSA) is 77.8 Å². The maximum absolute atomic E-state index is 9.55. The Balaban J connectivity index is 0.000000479. The van der Waals surface area contributed by atoms with Gasteiger partial charge >= 0.3 is 11.9 Å². The fourth-order valence-electron chi connectivity index (χ4n) is 2.48. The molecule has 0 unspecified atom stereocenters. The highest BCUT2D eigenvalue weighted by Gasteiger charge is 2.03. The summed E-state index contributed by atoms with van der Waals surface area (Å²) in [6, 6.07) is 15.1. The van der Waals surface area contributed by atoms with Crippen LogP contribution in [0.4, 0.5) is 0 Å². The number of fused-ring (bicyclic) bond motifs is 1. The van der Waals surface area contributed by atoms with Crippen molar-refractivity contribution in [1.29, 1.82) is 0 Å². The van der Waals surface area contributed by atoms with Crippen LogP contribution >= 0.6 is 0 Å². The van der Waals surface area contributed by atoms with E-state index in [1.807, 2.05) is 6.08 Å². The summed E-state index contributed by atoms with van der Waals surface area (Å²) in [7, 11) is 2.14. The number of carboxylic acid groups (broad SMARTS) is 2. The van der Waals surface area contributed by atoms with E-state index in [9.17, 15) is 9.59 Å². The highest BCUT2D eigenvalue weighted by atomic mass is 16.4. The highest BCUT2D eigenvalue weighted by Crippen LogP contribution is 2.19. The van der Waals surface area contributed by atoms with Crippen LogP contribution in [0, 0.1) is 17.3 Å². The van der Waals surface area contributed by atoms with Crippen molar-refractivity contribution >= 4 is 22.7 Å². The van der Waals surface area contributed by atoms with Crippen LogP contribution in [0.15, 0.2) is 66.8 Å². The van der Waals surface area contributed by atoms with Crippen molar-refractivity contribution in [3.05, 3.63) is 72.3 Å². The SMILES string of the molecule is CN(C/C=C/C#CC(C)(C)C)Cc1cccc2ccccc12.O=C(O)/C=C\C(=O)O. The molecule has 0 heterocycles. The Bertz CT molecular complexity index is 951.